The smallest absolute Gasteiger partial charge is 0.338 e. The molecule has 3 heterocycles. The summed E-state index contributed by atoms with van der Waals surface area (Å²) in [4.78, 5) is 22.8. The molecule has 0 amide bonds. The summed E-state index contributed by atoms with van der Waals surface area (Å²) in [5, 5.41) is 6.44. The molecule has 194 valence electrons. The van der Waals surface area contributed by atoms with E-state index in [1.165, 1.54) is 12.2 Å². The number of hydrogen-bond donors (Lipinski definition) is 2. The van der Waals surface area contributed by atoms with Gasteiger partial charge in [0.05, 0.1) is 6.54 Å². The lowest BCUT2D eigenvalue weighted by Crippen LogP contribution is -2.45. The van der Waals surface area contributed by atoms with Crippen LogP contribution in [0.15, 0.2) is 82.9 Å². The van der Waals surface area contributed by atoms with Gasteiger partial charge in [0.1, 0.15) is 5.84 Å². The summed E-state index contributed by atoms with van der Waals surface area (Å²) in [5.41, 5.74) is 3.09. The molecule has 2 N–H and O–H groups in total. The van der Waals surface area contributed by atoms with Gasteiger partial charge < -0.3 is 20.4 Å². The van der Waals surface area contributed by atoms with E-state index in [9.17, 15) is 13.2 Å². The van der Waals surface area contributed by atoms with E-state index in [4.69, 9.17) is 0 Å². The Balaban J connectivity index is 1.53. The molecule has 2 aromatic rings. The summed E-state index contributed by atoms with van der Waals surface area (Å²) in [6.45, 7) is 9.61. The molecule has 1 aromatic carbocycles. The number of halogens is 3. The van der Waals surface area contributed by atoms with Crippen LogP contribution in [0.25, 0.3) is 0 Å². The first-order valence-corrected chi connectivity index (χ1v) is 11.8. The summed E-state index contributed by atoms with van der Waals surface area (Å²) < 4.78 is 36.9. The molecule has 0 atom stereocenters. The molecule has 0 bridgehead atoms. The Labute approximate surface area is 214 Å². The third-order valence-corrected chi connectivity index (χ3v) is 5.95. The average Bonchev–Trinajstić information content (AvgIpc) is 3.22. The van der Waals surface area contributed by atoms with Crippen molar-refractivity contribution in [1.29, 1.82) is 0 Å². The lowest BCUT2D eigenvalue weighted by Gasteiger charge is -2.32. The first-order valence-electron chi connectivity index (χ1n) is 11.8. The van der Waals surface area contributed by atoms with E-state index in [0.29, 0.717) is 35.8 Å². The molecular formula is C26H29F3N8. The molecule has 8 nitrogen and oxygen atoms in total. The molecule has 0 aliphatic carbocycles. The summed E-state index contributed by atoms with van der Waals surface area (Å²) in [5.74, 6) is 1.89. The van der Waals surface area contributed by atoms with Crippen LogP contribution in [0.5, 0.6) is 0 Å². The zero-order valence-corrected chi connectivity index (χ0v) is 20.8. The van der Waals surface area contributed by atoms with E-state index >= 15 is 0 Å². The van der Waals surface area contributed by atoms with E-state index in [0.717, 1.165) is 49.1 Å². The number of hydrogen-bond acceptors (Lipinski definition) is 8. The lowest BCUT2D eigenvalue weighted by molar-refractivity contribution is -0.0798. The predicted octanol–water partition coefficient (Wildman–Crippen LogP) is 4.74. The molecular weight excluding hydrogens is 481 g/mol. The monoisotopic (exact) mass is 510 g/mol. The van der Waals surface area contributed by atoms with Gasteiger partial charge in [-0.25, -0.2) is 0 Å². The number of nitrogens with one attached hydrogen (secondary N) is 2. The van der Waals surface area contributed by atoms with Gasteiger partial charge in [0.25, 0.3) is 0 Å². The van der Waals surface area contributed by atoms with Gasteiger partial charge >= 0.3 is 6.18 Å². The lowest BCUT2D eigenvalue weighted by atomic mass is 10.0. The Bertz CT molecular complexity index is 1240. The summed E-state index contributed by atoms with van der Waals surface area (Å²) >= 11 is 0. The Morgan fingerprint density at radius 1 is 0.973 bits per heavy atom. The Kier molecular flexibility index (Phi) is 8.02. The molecule has 0 saturated carbocycles. The number of para-hydroxylation sites is 1. The van der Waals surface area contributed by atoms with Crippen molar-refractivity contribution < 1.29 is 13.2 Å². The second kappa shape index (κ2) is 11.4. The quantitative estimate of drug-likeness (QED) is 0.521. The average molecular weight is 511 g/mol. The molecule has 37 heavy (non-hydrogen) atoms. The van der Waals surface area contributed by atoms with Gasteiger partial charge in [-0.05, 0) is 42.8 Å². The summed E-state index contributed by atoms with van der Waals surface area (Å²) in [6.07, 6.45) is -0.374. The van der Waals surface area contributed by atoms with Crippen molar-refractivity contribution in [2.24, 2.45) is 4.99 Å². The molecule has 2 aliphatic rings. The first-order chi connectivity index (χ1) is 17.7. The normalized spacial score (nSPS) is 17.1. The largest absolute Gasteiger partial charge is 0.409 e. The van der Waals surface area contributed by atoms with Crippen molar-refractivity contribution in [3.05, 3.63) is 77.9 Å². The molecule has 11 heteroatoms. The molecule has 1 saturated heterocycles. The highest BCUT2D eigenvalue weighted by Crippen LogP contribution is 2.24. The first kappa shape index (κ1) is 26.1. The molecule has 2 aliphatic heterocycles. The highest BCUT2D eigenvalue weighted by Gasteiger charge is 2.22. The van der Waals surface area contributed by atoms with E-state index in [-0.39, 0.29) is 6.08 Å². The van der Waals surface area contributed by atoms with Crippen LogP contribution in [0, 0.1) is 0 Å². The number of nitrogens with zero attached hydrogens (tertiary/aromatic N) is 6. The van der Waals surface area contributed by atoms with Crippen LogP contribution in [-0.2, 0) is 0 Å². The fourth-order valence-electron chi connectivity index (χ4n) is 3.83. The fraction of sp³-hybridized carbons (Fsp3) is 0.308. The number of likely N-dealkylation sites (N-methyl/N-ethyl adjacent to an activating group) is 1. The highest BCUT2D eigenvalue weighted by molar-refractivity contribution is 6.09. The van der Waals surface area contributed by atoms with Crippen LogP contribution in [0.1, 0.15) is 6.92 Å². The molecule has 0 unspecified atom stereocenters. The van der Waals surface area contributed by atoms with Gasteiger partial charge in [-0.1, -0.05) is 43.0 Å². The van der Waals surface area contributed by atoms with Gasteiger partial charge in [-0.3, -0.25) is 4.99 Å². The maximum Gasteiger partial charge on any atom is 0.409 e. The maximum atomic E-state index is 12.3. The fourth-order valence-corrected chi connectivity index (χ4v) is 3.83. The number of rotatable bonds is 7. The Morgan fingerprint density at radius 3 is 2.32 bits per heavy atom. The summed E-state index contributed by atoms with van der Waals surface area (Å²) in [7, 11) is 2.08. The number of aromatic nitrogens is 3. The van der Waals surface area contributed by atoms with Gasteiger partial charge in [0, 0.05) is 37.9 Å². The second-order valence-corrected chi connectivity index (χ2v) is 8.74. The zero-order valence-electron chi connectivity index (χ0n) is 20.8. The second-order valence-electron chi connectivity index (χ2n) is 8.74. The minimum absolute atomic E-state index is 0.177. The van der Waals surface area contributed by atoms with Crippen LogP contribution in [0.2, 0.25) is 0 Å². The van der Waals surface area contributed by atoms with E-state index in [1.807, 2.05) is 37.3 Å². The Morgan fingerprint density at radius 2 is 1.65 bits per heavy atom. The third kappa shape index (κ3) is 7.26. The molecule has 1 aromatic heterocycles. The minimum atomic E-state index is -4.35. The zero-order chi connectivity index (χ0) is 26.4. The van der Waals surface area contributed by atoms with Gasteiger partial charge in [-0.2, -0.15) is 28.1 Å². The van der Waals surface area contributed by atoms with Gasteiger partial charge in [-0.15, -0.1) is 0 Å². The molecule has 0 radical (unpaired) electrons. The predicted molar refractivity (Wildman–Crippen MR) is 141 cm³/mol. The SMILES string of the molecule is C=C(/C=C\C=C\C(F)(F)F)C1=C(C)C(Nc2nc(Nc3ccccc3)nc(N3CCN(C)CC3)n2)=NC1. The number of alkyl halides is 3. The minimum Gasteiger partial charge on any atom is -0.338 e. The van der Waals surface area contributed by atoms with Crippen molar-refractivity contribution in [2.45, 2.75) is 13.1 Å². The third-order valence-electron chi connectivity index (χ3n) is 5.95. The van der Waals surface area contributed by atoms with Crippen molar-refractivity contribution in [3.8, 4) is 0 Å². The highest BCUT2D eigenvalue weighted by atomic mass is 19.4. The maximum absolute atomic E-state index is 12.3. The van der Waals surface area contributed by atoms with Crippen LogP contribution < -0.4 is 15.5 Å². The van der Waals surface area contributed by atoms with E-state index < -0.39 is 6.18 Å². The summed E-state index contributed by atoms with van der Waals surface area (Å²) in [6, 6.07) is 9.63. The van der Waals surface area contributed by atoms with Gasteiger partial charge in [0.15, 0.2) is 0 Å². The van der Waals surface area contributed by atoms with E-state index in [1.54, 1.807) is 0 Å². The number of aliphatic imine (C=N–C) groups is 1. The standard InChI is InChI=1S/C26H29F3N8/c1-18(9-7-8-12-26(27,28)29)21-17-30-22(19(21)2)32-24-33-23(31-20-10-5-4-6-11-20)34-25(35-24)37-15-13-36(3)14-16-37/h4-12H,1,13-17H2,2-3H3,(H2,30,31,32,33,34,35)/b9-7-,12-8+. The number of anilines is 4. The Hall–Kier alpha value is -3.99. The van der Waals surface area contributed by atoms with Gasteiger partial charge in [0.2, 0.25) is 17.8 Å². The van der Waals surface area contributed by atoms with Crippen molar-refractivity contribution in [2.75, 3.05) is 55.3 Å². The molecule has 4 rings (SSSR count). The van der Waals surface area contributed by atoms with Crippen molar-refractivity contribution >= 4 is 29.4 Å². The van der Waals surface area contributed by atoms with Crippen LogP contribution >= 0.6 is 0 Å². The number of allylic oxidation sites excluding steroid dienone is 4. The van der Waals surface area contributed by atoms with E-state index in [2.05, 4.69) is 54.0 Å². The van der Waals surface area contributed by atoms with Crippen LogP contribution in [0.4, 0.5) is 36.7 Å². The molecule has 0 spiro atoms. The number of benzene rings is 1. The number of amidine groups is 1. The van der Waals surface area contributed by atoms with Crippen molar-refractivity contribution in [3.63, 3.8) is 0 Å². The van der Waals surface area contributed by atoms with Crippen LogP contribution in [-0.4, -0.2) is 71.6 Å². The topological polar surface area (TPSA) is 81.6 Å². The molecule has 1 fully saturated rings. The van der Waals surface area contributed by atoms with Crippen LogP contribution in [0.3, 0.4) is 0 Å². The number of piperazine rings is 1. The van der Waals surface area contributed by atoms with Crippen molar-refractivity contribution in [1.82, 2.24) is 19.9 Å².